The number of nitrogens with zero attached hydrogens (tertiary/aromatic N) is 1. The molecular weight excluding hydrogens is 296 g/mol. The predicted molar refractivity (Wildman–Crippen MR) is 85.7 cm³/mol. The first-order valence-electron chi connectivity index (χ1n) is 7.92. The van der Waals surface area contributed by atoms with Crippen LogP contribution in [0.3, 0.4) is 0 Å². The number of hydrogen-bond donors (Lipinski definition) is 3. The number of hydrogen-bond acceptors (Lipinski definition) is 4. The van der Waals surface area contributed by atoms with Crippen LogP contribution in [0.4, 0.5) is 0 Å². The highest BCUT2D eigenvalue weighted by atomic mass is 16.4. The molecule has 1 aromatic carbocycles. The number of rotatable bonds is 6. The van der Waals surface area contributed by atoms with Gasteiger partial charge in [-0.25, -0.2) is 0 Å². The van der Waals surface area contributed by atoms with Gasteiger partial charge >= 0.3 is 5.97 Å². The van der Waals surface area contributed by atoms with Gasteiger partial charge in [0.1, 0.15) is 0 Å². The summed E-state index contributed by atoms with van der Waals surface area (Å²) in [7, 11) is 0. The highest BCUT2D eigenvalue weighted by Gasteiger charge is 2.39. The van der Waals surface area contributed by atoms with Crippen molar-refractivity contribution in [3.8, 4) is 0 Å². The Labute approximate surface area is 135 Å². The third-order valence-corrected chi connectivity index (χ3v) is 4.49. The van der Waals surface area contributed by atoms with Crippen LogP contribution in [0.25, 0.3) is 0 Å². The van der Waals surface area contributed by atoms with Crippen LogP contribution >= 0.6 is 0 Å². The zero-order valence-corrected chi connectivity index (χ0v) is 13.3. The highest BCUT2D eigenvalue weighted by Crippen LogP contribution is 2.25. The van der Waals surface area contributed by atoms with E-state index < -0.39 is 30.1 Å². The summed E-state index contributed by atoms with van der Waals surface area (Å²) in [6.07, 6.45) is 0.691. The van der Waals surface area contributed by atoms with Crippen LogP contribution in [0.15, 0.2) is 30.3 Å². The number of aliphatic hydroxyl groups excluding tert-OH is 1. The van der Waals surface area contributed by atoms with Crippen molar-refractivity contribution in [1.29, 1.82) is 0 Å². The summed E-state index contributed by atoms with van der Waals surface area (Å²) in [6.45, 7) is 1.97. The van der Waals surface area contributed by atoms with Gasteiger partial charge in [-0.15, -0.1) is 0 Å². The first-order chi connectivity index (χ1) is 10.9. The Hall–Kier alpha value is -1.92. The second kappa shape index (κ2) is 7.57. The third-order valence-electron chi connectivity index (χ3n) is 4.49. The molecule has 1 aliphatic rings. The topological polar surface area (TPSA) is 104 Å². The predicted octanol–water partition coefficient (Wildman–Crippen LogP) is 0.629. The van der Waals surface area contributed by atoms with Gasteiger partial charge in [0.15, 0.2) is 0 Å². The van der Waals surface area contributed by atoms with Crippen LogP contribution in [0.1, 0.15) is 25.3 Å². The van der Waals surface area contributed by atoms with Crippen molar-refractivity contribution in [3.05, 3.63) is 35.9 Å². The Bertz CT molecular complexity index is 549. The summed E-state index contributed by atoms with van der Waals surface area (Å²) in [4.78, 5) is 25.2. The first kappa shape index (κ1) is 17.4. The van der Waals surface area contributed by atoms with Crippen molar-refractivity contribution in [2.45, 2.75) is 44.4 Å². The molecule has 0 spiro atoms. The quantitative estimate of drug-likeness (QED) is 0.713. The molecule has 3 unspecified atom stereocenters. The van der Waals surface area contributed by atoms with Gasteiger partial charge in [0.2, 0.25) is 5.91 Å². The van der Waals surface area contributed by atoms with Gasteiger partial charge in [0, 0.05) is 6.54 Å². The van der Waals surface area contributed by atoms with Crippen LogP contribution < -0.4 is 5.73 Å². The molecule has 4 atom stereocenters. The molecule has 1 aromatic rings. The molecular formula is C17H24N2O4. The molecule has 0 aliphatic carbocycles. The largest absolute Gasteiger partial charge is 0.481 e. The number of likely N-dealkylation sites (tertiary alicyclic amines) is 1. The average molecular weight is 320 g/mol. The highest BCUT2D eigenvalue weighted by molar-refractivity contribution is 5.82. The van der Waals surface area contributed by atoms with Gasteiger partial charge in [-0.1, -0.05) is 30.3 Å². The standard InChI is InChI=1S/C17H24N2O4/c1-11(17(22)23)15(20)14-8-5-9-19(14)16(21)13(18)10-12-6-3-2-4-7-12/h2-4,6-7,11,13-15,20H,5,8-10,18H2,1H3,(H,22,23)/t11?,13-,14?,15?/m0/s1. The van der Waals surface area contributed by atoms with Gasteiger partial charge in [0.05, 0.1) is 24.1 Å². The summed E-state index contributed by atoms with van der Waals surface area (Å²) >= 11 is 0. The number of amides is 1. The van der Waals surface area contributed by atoms with E-state index in [0.29, 0.717) is 19.4 Å². The van der Waals surface area contributed by atoms with E-state index in [4.69, 9.17) is 10.8 Å². The number of aliphatic carboxylic acids is 1. The van der Waals surface area contributed by atoms with E-state index in [1.807, 2.05) is 30.3 Å². The molecule has 0 radical (unpaired) electrons. The summed E-state index contributed by atoms with van der Waals surface area (Å²) in [6, 6.07) is 8.34. The van der Waals surface area contributed by atoms with E-state index in [1.165, 1.54) is 6.92 Å². The van der Waals surface area contributed by atoms with Crippen molar-refractivity contribution in [3.63, 3.8) is 0 Å². The lowest BCUT2D eigenvalue weighted by molar-refractivity contribution is -0.149. The summed E-state index contributed by atoms with van der Waals surface area (Å²) in [5, 5.41) is 19.3. The maximum absolute atomic E-state index is 12.6. The Morgan fingerprint density at radius 2 is 2.00 bits per heavy atom. The fraction of sp³-hybridized carbons (Fsp3) is 0.529. The summed E-state index contributed by atoms with van der Waals surface area (Å²) < 4.78 is 0. The number of nitrogens with two attached hydrogens (primary N) is 1. The number of carboxylic acid groups (broad SMARTS) is 1. The molecule has 4 N–H and O–H groups in total. The fourth-order valence-corrected chi connectivity index (χ4v) is 3.07. The monoisotopic (exact) mass is 320 g/mol. The average Bonchev–Trinajstić information content (AvgIpc) is 3.02. The minimum absolute atomic E-state index is 0.229. The maximum atomic E-state index is 12.6. The SMILES string of the molecule is CC(C(=O)O)C(O)C1CCCN1C(=O)[C@@H](N)Cc1ccccc1. The maximum Gasteiger partial charge on any atom is 0.308 e. The van der Waals surface area contributed by atoms with E-state index >= 15 is 0 Å². The van der Waals surface area contributed by atoms with E-state index in [0.717, 1.165) is 12.0 Å². The molecule has 1 amide bonds. The van der Waals surface area contributed by atoms with Crippen molar-refractivity contribution < 1.29 is 19.8 Å². The Morgan fingerprint density at radius 3 is 2.61 bits per heavy atom. The van der Waals surface area contributed by atoms with Crippen molar-refractivity contribution in [1.82, 2.24) is 4.90 Å². The zero-order valence-electron chi connectivity index (χ0n) is 13.3. The van der Waals surface area contributed by atoms with Gasteiger partial charge in [-0.05, 0) is 31.7 Å². The number of aliphatic hydroxyl groups is 1. The molecule has 6 heteroatoms. The van der Waals surface area contributed by atoms with Crippen molar-refractivity contribution in [2.75, 3.05) is 6.54 Å². The Balaban J connectivity index is 2.03. The van der Waals surface area contributed by atoms with Crippen molar-refractivity contribution >= 4 is 11.9 Å². The first-order valence-corrected chi connectivity index (χ1v) is 7.92. The fourth-order valence-electron chi connectivity index (χ4n) is 3.07. The minimum Gasteiger partial charge on any atom is -0.481 e. The lowest BCUT2D eigenvalue weighted by atomic mass is 9.95. The number of benzene rings is 1. The molecule has 0 saturated carbocycles. The van der Waals surface area contributed by atoms with Gasteiger partial charge in [0.25, 0.3) is 0 Å². The van der Waals surface area contributed by atoms with Gasteiger partial charge < -0.3 is 20.8 Å². The lowest BCUT2D eigenvalue weighted by Crippen LogP contribution is -2.52. The van der Waals surface area contributed by atoms with E-state index in [-0.39, 0.29) is 5.91 Å². The smallest absolute Gasteiger partial charge is 0.308 e. The van der Waals surface area contributed by atoms with Crippen LogP contribution in [0.5, 0.6) is 0 Å². The molecule has 23 heavy (non-hydrogen) atoms. The van der Waals surface area contributed by atoms with Crippen LogP contribution in [0, 0.1) is 5.92 Å². The molecule has 1 aliphatic heterocycles. The third kappa shape index (κ3) is 4.09. The number of carboxylic acids is 1. The molecule has 0 bridgehead atoms. The summed E-state index contributed by atoms with van der Waals surface area (Å²) in [5.41, 5.74) is 7.01. The van der Waals surface area contributed by atoms with Crippen LogP contribution in [0.2, 0.25) is 0 Å². The second-order valence-corrected chi connectivity index (χ2v) is 6.15. The van der Waals surface area contributed by atoms with E-state index in [1.54, 1.807) is 4.90 Å². The van der Waals surface area contributed by atoms with Gasteiger partial charge in [-0.3, -0.25) is 9.59 Å². The summed E-state index contributed by atoms with van der Waals surface area (Å²) in [5.74, 6) is -2.21. The van der Waals surface area contributed by atoms with E-state index in [9.17, 15) is 14.7 Å². The van der Waals surface area contributed by atoms with E-state index in [2.05, 4.69) is 0 Å². The molecule has 1 saturated heterocycles. The molecule has 126 valence electrons. The molecule has 1 heterocycles. The second-order valence-electron chi connectivity index (χ2n) is 6.15. The molecule has 0 aromatic heterocycles. The van der Waals surface area contributed by atoms with Gasteiger partial charge in [-0.2, -0.15) is 0 Å². The number of carbonyl (C=O) groups is 2. The zero-order chi connectivity index (χ0) is 17.0. The molecule has 1 fully saturated rings. The molecule has 2 rings (SSSR count). The Kier molecular flexibility index (Phi) is 5.74. The lowest BCUT2D eigenvalue weighted by Gasteiger charge is -2.32. The number of carbonyl (C=O) groups excluding carboxylic acids is 1. The Morgan fingerprint density at radius 1 is 1.35 bits per heavy atom. The van der Waals surface area contributed by atoms with Crippen LogP contribution in [-0.2, 0) is 16.0 Å². The van der Waals surface area contributed by atoms with Crippen LogP contribution in [-0.4, -0.2) is 51.7 Å². The minimum atomic E-state index is -1.08. The molecule has 6 nitrogen and oxygen atoms in total. The normalized spacial score (nSPS) is 21.7. The van der Waals surface area contributed by atoms with Crippen molar-refractivity contribution in [2.24, 2.45) is 11.7 Å².